The molecule has 0 fully saturated rings. The second-order valence-corrected chi connectivity index (χ2v) is 16.1. The summed E-state index contributed by atoms with van der Waals surface area (Å²) in [4.78, 5) is 4.64. The van der Waals surface area contributed by atoms with E-state index in [0.717, 1.165) is 56.4 Å². The zero-order valence-electron chi connectivity index (χ0n) is 31.5. The van der Waals surface area contributed by atoms with Gasteiger partial charge in [-0.2, -0.15) is 0 Å². The molecule has 0 bridgehead atoms. The molecule has 0 N–H and O–H groups in total. The summed E-state index contributed by atoms with van der Waals surface area (Å²) in [5, 5.41) is 0.651. The molecule has 0 aliphatic carbocycles. The van der Waals surface area contributed by atoms with Gasteiger partial charge in [0.15, 0.2) is 0 Å². The van der Waals surface area contributed by atoms with Crippen LogP contribution in [0.15, 0.2) is 176 Å². The summed E-state index contributed by atoms with van der Waals surface area (Å²) in [6.07, 6.45) is 0. The molecule has 0 heterocycles. The Morgan fingerprint density at radius 2 is 0.698 bits per heavy atom. The van der Waals surface area contributed by atoms with E-state index < -0.39 is 0 Å². The lowest BCUT2D eigenvalue weighted by Gasteiger charge is -2.31. The molecule has 0 aliphatic heterocycles. The van der Waals surface area contributed by atoms with Gasteiger partial charge in [0.2, 0.25) is 0 Å². The topological polar surface area (TPSA) is 6.48 Å². The van der Waals surface area contributed by atoms with Crippen LogP contribution < -0.4 is 9.80 Å². The van der Waals surface area contributed by atoms with E-state index in [-0.39, 0.29) is 10.8 Å². The number of anilines is 6. The normalized spacial score (nSPS) is 11.7. The minimum absolute atomic E-state index is 0.0738. The molecule has 0 saturated carbocycles. The molecule has 0 unspecified atom stereocenters. The first-order valence-electron chi connectivity index (χ1n) is 18.4. The summed E-state index contributed by atoms with van der Waals surface area (Å²) in [5.41, 5.74) is 13.5. The van der Waals surface area contributed by atoms with E-state index in [2.05, 4.69) is 227 Å². The van der Waals surface area contributed by atoms with E-state index in [0.29, 0.717) is 5.02 Å². The molecule has 0 saturated heterocycles. The van der Waals surface area contributed by atoms with E-state index in [1.807, 2.05) is 0 Å². The minimum Gasteiger partial charge on any atom is -0.310 e. The van der Waals surface area contributed by atoms with Gasteiger partial charge in [-0.3, -0.25) is 0 Å². The number of rotatable bonds is 8. The smallest absolute Gasteiger partial charge is 0.0540 e. The van der Waals surface area contributed by atoms with Crippen LogP contribution in [-0.4, -0.2) is 0 Å². The predicted molar refractivity (Wildman–Crippen MR) is 229 cm³/mol. The first-order chi connectivity index (χ1) is 25.5. The van der Waals surface area contributed by atoms with Gasteiger partial charge in [0.05, 0.1) is 11.4 Å². The Balaban J connectivity index is 1.41. The largest absolute Gasteiger partial charge is 0.310 e. The third kappa shape index (κ3) is 7.80. The zero-order chi connectivity index (χ0) is 37.2. The maximum atomic E-state index is 7.17. The van der Waals surface area contributed by atoms with Gasteiger partial charge in [-0.15, -0.1) is 0 Å². The fourth-order valence-corrected chi connectivity index (χ4v) is 7.17. The number of hydrogen-bond acceptors (Lipinski definition) is 2. The van der Waals surface area contributed by atoms with Gasteiger partial charge in [-0.05, 0) is 87.7 Å². The van der Waals surface area contributed by atoms with Crippen LogP contribution in [0.1, 0.15) is 52.7 Å². The van der Waals surface area contributed by atoms with Crippen molar-refractivity contribution in [3.63, 3.8) is 0 Å². The van der Waals surface area contributed by atoms with Crippen LogP contribution >= 0.6 is 11.6 Å². The molecule has 53 heavy (non-hydrogen) atoms. The number of hydrogen-bond donors (Lipinski definition) is 0. The van der Waals surface area contributed by atoms with Gasteiger partial charge in [0.1, 0.15) is 0 Å². The molecule has 2 nitrogen and oxygen atoms in total. The summed E-state index contributed by atoms with van der Waals surface area (Å²) in [5.74, 6) is 0. The van der Waals surface area contributed by atoms with Crippen LogP contribution in [0.3, 0.4) is 0 Å². The van der Waals surface area contributed by atoms with Crippen molar-refractivity contribution in [2.45, 2.75) is 52.4 Å². The van der Waals surface area contributed by atoms with Crippen LogP contribution in [0.4, 0.5) is 34.1 Å². The predicted octanol–water partition coefficient (Wildman–Crippen LogP) is 15.2. The Morgan fingerprint density at radius 1 is 0.358 bits per heavy atom. The maximum Gasteiger partial charge on any atom is 0.0540 e. The summed E-state index contributed by atoms with van der Waals surface area (Å²) in [6.45, 7) is 13.5. The summed E-state index contributed by atoms with van der Waals surface area (Å²) >= 11 is 7.17. The van der Waals surface area contributed by atoms with E-state index in [1.165, 1.54) is 11.1 Å². The number of benzene rings is 7. The van der Waals surface area contributed by atoms with Crippen molar-refractivity contribution in [2.24, 2.45) is 0 Å². The lowest BCUT2D eigenvalue weighted by atomic mass is 9.86. The van der Waals surface area contributed by atoms with Crippen molar-refractivity contribution in [3.05, 3.63) is 192 Å². The molecule has 0 aromatic heterocycles. The van der Waals surface area contributed by atoms with Crippen molar-refractivity contribution >= 4 is 45.7 Å². The molecule has 0 aliphatic rings. The molecular weight excluding hydrogens is 664 g/mol. The third-order valence-corrected chi connectivity index (χ3v) is 10.0. The maximum absolute atomic E-state index is 7.17. The van der Waals surface area contributed by atoms with Gasteiger partial charge >= 0.3 is 0 Å². The Morgan fingerprint density at radius 3 is 1.06 bits per heavy atom. The highest BCUT2D eigenvalue weighted by molar-refractivity contribution is 6.31. The standard InChI is InChI=1S/C50H47ClN2/c1-49(2,3)38-29-25-36(26-30-38)45-21-13-15-23-47(45)52(41-17-9-7-10-18-41)43-33-40(51)34-44(35-43)53(42-19-11-8-12-20-42)48-24-16-14-22-46(48)37-27-31-39(32-28-37)50(4,5)6/h7-35H,1-6H3. The molecule has 7 rings (SSSR count). The van der Waals surface area contributed by atoms with Crippen molar-refractivity contribution in [3.8, 4) is 22.3 Å². The quantitative estimate of drug-likeness (QED) is 0.155. The van der Waals surface area contributed by atoms with Gasteiger partial charge in [0, 0.05) is 38.9 Å². The van der Waals surface area contributed by atoms with E-state index in [4.69, 9.17) is 11.6 Å². The van der Waals surface area contributed by atoms with Crippen LogP contribution in [0, 0.1) is 0 Å². The summed E-state index contributed by atoms with van der Waals surface area (Å²) < 4.78 is 0. The fourth-order valence-electron chi connectivity index (χ4n) is 6.95. The van der Waals surface area contributed by atoms with Crippen LogP contribution in [0.2, 0.25) is 5.02 Å². The van der Waals surface area contributed by atoms with Gasteiger partial charge in [-0.25, -0.2) is 0 Å². The SMILES string of the molecule is CC(C)(C)c1ccc(-c2ccccc2N(c2ccccc2)c2cc(Cl)cc(N(c3ccccc3)c3ccccc3-c3ccc(C(C)(C)C)cc3)c2)cc1. The number of para-hydroxylation sites is 4. The fraction of sp³-hybridized carbons (Fsp3) is 0.160. The summed E-state index contributed by atoms with van der Waals surface area (Å²) in [6, 6.07) is 62.8. The van der Waals surface area contributed by atoms with Crippen molar-refractivity contribution < 1.29 is 0 Å². The molecule has 3 heteroatoms. The average molecular weight is 711 g/mol. The Labute approximate surface area is 321 Å². The zero-order valence-corrected chi connectivity index (χ0v) is 32.3. The summed E-state index contributed by atoms with van der Waals surface area (Å²) in [7, 11) is 0. The third-order valence-electron chi connectivity index (χ3n) is 9.83. The average Bonchev–Trinajstić information content (AvgIpc) is 3.16. The second kappa shape index (κ2) is 14.8. The van der Waals surface area contributed by atoms with Gasteiger partial charge < -0.3 is 9.80 Å². The molecule has 7 aromatic rings. The second-order valence-electron chi connectivity index (χ2n) is 15.7. The number of halogens is 1. The van der Waals surface area contributed by atoms with Crippen LogP contribution in [0.25, 0.3) is 22.3 Å². The molecule has 7 aromatic carbocycles. The molecule has 0 radical (unpaired) electrons. The van der Waals surface area contributed by atoms with E-state index in [1.54, 1.807) is 0 Å². The molecule has 0 spiro atoms. The molecule has 0 amide bonds. The lowest BCUT2D eigenvalue weighted by molar-refractivity contribution is 0.590. The van der Waals surface area contributed by atoms with Gasteiger partial charge in [-0.1, -0.05) is 174 Å². The molecule has 264 valence electrons. The molecular formula is C50H47ClN2. The van der Waals surface area contributed by atoms with E-state index in [9.17, 15) is 0 Å². The van der Waals surface area contributed by atoms with Crippen molar-refractivity contribution in [1.82, 2.24) is 0 Å². The first kappa shape index (κ1) is 35.8. The monoisotopic (exact) mass is 710 g/mol. The highest BCUT2D eigenvalue weighted by atomic mass is 35.5. The lowest BCUT2D eigenvalue weighted by Crippen LogP contribution is -2.14. The Bertz CT molecular complexity index is 2130. The van der Waals surface area contributed by atoms with Crippen molar-refractivity contribution in [1.29, 1.82) is 0 Å². The highest BCUT2D eigenvalue weighted by Crippen LogP contribution is 2.46. The Kier molecular flexibility index (Phi) is 10.0. The minimum atomic E-state index is 0.0738. The van der Waals surface area contributed by atoms with Crippen molar-refractivity contribution in [2.75, 3.05) is 9.80 Å². The van der Waals surface area contributed by atoms with Crippen LogP contribution in [0.5, 0.6) is 0 Å². The number of nitrogens with zero attached hydrogens (tertiary/aromatic N) is 2. The highest BCUT2D eigenvalue weighted by Gasteiger charge is 2.23. The first-order valence-corrected chi connectivity index (χ1v) is 18.8. The molecule has 0 atom stereocenters. The Hall–Kier alpha value is -5.57. The van der Waals surface area contributed by atoms with Crippen LogP contribution in [-0.2, 0) is 10.8 Å². The van der Waals surface area contributed by atoms with Gasteiger partial charge in [0.25, 0.3) is 0 Å². The van der Waals surface area contributed by atoms with E-state index >= 15 is 0 Å².